The number of rotatable bonds is 66. The van der Waals surface area contributed by atoms with E-state index in [1.165, 1.54) is 25.7 Å². The van der Waals surface area contributed by atoms with Gasteiger partial charge in [-0.05, 0) is 83.6 Å². The Balaban J connectivity index is 1.45. The summed E-state index contributed by atoms with van der Waals surface area (Å²) in [6.07, 6.45) is -13.3. The molecule has 0 radical (unpaired) electrons. The van der Waals surface area contributed by atoms with Gasteiger partial charge in [0.25, 0.3) is 0 Å². The molecule has 3 aliphatic heterocycles. The third-order valence-corrected chi connectivity index (χ3v) is 21.4. The van der Waals surface area contributed by atoms with Crippen LogP contribution in [-0.2, 0) is 162 Å². The third-order valence-electron chi connectivity index (χ3n) is 21.4. The molecule has 17 atom stereocenters. The minimum absolute atomic E-state index is 0.0000220. The first-order valence-electron chi connectivity index (χ1n) is 47.3. The summed E-state index contributed by atoms with van der Waals surface area (Å²) in [6.45, 7) is 11.6. The van der Waals surface area contributed by atoms with Crippen LogP contribution in [0, 0.1) is 29.1 Å². The Morgan fingerprint density at radius 3 is 0.916 bits per heavy atom. The molecule has 3 heterocycles. The maximum absolute atomic E-state index is 14.2. The van der Waals surface area contributed by atoms with E-state index < -0.39 is 273 Å². The summed E-state index contributed by atoms with van der Waals surface area (Å²) in [5, 5.41) is 39.8. The quantitative estimate of drug-likeness (QED) is 0.00818. The number of nitrogens with one attached hydrogen (secondary N) is 10. The van der Waals surface area contributed by atoms with Gasteiger partial charge in [-0.2, -0.15) is 8.78 Å². The largest absolute Gasteiger partial charge is 0.463 e. The van der Waals surface area contributed by atoms with Crippen molar-refractivity contribution in [2.24, 2.45) is 0 Å². The van der Waals surface area contributed by atoms with E-state index in [4.69, 9.17) is 71.1 Å². The van der Waals surface area contributed by atoms with E-state index in [-0.39, 0.29) is 154 Å². The van der Waals surface area contributed by atoms with Crippen LogP contribution in [-0.4, -0.2) is 332 Å². The number of unbranched alkanes of at least 4 members (excludes halogenated alkanes) is 7. The van der Waals surface area contributed by atoms with Crippen molar-refractivity contribution < 1.29 is 194 Å². The normalized spacial score (nSPS) is 21.1. The van der Waals surface area contributed by atoms with E-state index >= 15 is 0 Å². The van der Waals surface area contributed by atoms with Gasteiger partial charge in [0.15, 0.2) is 55.5 Å². The monoisotopic (exact) mass is 2060 g/mol. The number of esters is 10. The molecule has 9 amide bonds. The van der Waals surface area contributed by atoms with Gasteiger partial charge in [0, 0.05) is 187 Å². The predicted molar refractivity (Wildman–Crippen MR) is 481 cm³/mol. The van der Waals surface area contributed by atoms with Gasteiger partial charge in [0.05, 0.1) is 19.2 Å². The predicted octanol–water partition coefficient (Wildman–Crippen LogP) is 0.816. The Bertz CT molecular complexity index is 4190. The van der Waals surface area contributed by atoms with Crippen molar-refractivity contribution in [2.75, 3.05) is 105 Å². The molecular formula is C91H138F5N11O36. The van der Waals surface area contributed by atoms with Crippen LogP contribution in [0.5, 0.6) is 5.75 Å². The third kappa shape index (κ3) is 49.1. The highest BCUT2D eigenvalue weighted by molar-refractivity contribution is 5.82. The number of benzene rings is 1. The zero-order valence-electron chi connectivity index (χ0n) is 82.6. The van der Waals surface area contributed by atoms with Crippen molar-refractivity contribution in [1.82, 2.24) is 58.1 Å². The van der Waals surface area contributed by atoms with Gasteiger partial charge < -0.3 is 134 Å². The Kier molecular flexibility index (Phi) is 58.1. The number of hydrogen-bond acceptors (Lipinski definition) is 38. The molecule has 0 bridgehead atoms. The zero-order chi connectivity index (χ0) is 106. The fraction of sp³-hybridized carbons (Fsp3) is 0.725. The second-order valence-corrected chi connectivity index (χ2v) is 33.8. The van der Waals surface area contributed by atoms with Crippen LogP contribution in [0.2, 0.25) is 0 Å². The number of carbonyl (C=O) groups excluding carboxylic acids is 19. The van der Waals surface area contributed by atoms with Crippen molar-refractivity contribution >= 4 is 113 Å². The highest BCUT2D eigenvalue weighted by Crippen LogP contribution is 2.34. The highest BCUT2D eigenvalue weighted by Gasteiger charge is 2.55. The fourth-order valence-corrected chi connectivity index (χ4v) is 15.2. The number of amides is 9. The Morgan fingerprint density at radius 2 is 0.608 bits per heavy atom. The lowest BCUT2D eigenvalue weighted by molar-refractivity contribution is -0.277. The van der Waals surface area contributed by atoms with Crippen molar-refractivity contribution in [3.8, 4) is 5.75 Å². The van der Waals surface area contributed by atoms with Gasteiger partial charge in [-0.25, -0.2) is 13.2 Å². The molecule has 0 aromatic heterocycles. The first-order valence-corrected chi connectivity index (χ1v) is 47.3. The van der Waals surface area contributed by atoms with E-state index in [0.717, 1.165) is 62.3 Å². The summed E-state index contributed by atoms with van der Waals surface area (Å²) in [5.74, 6) is -26.6. The van der Waals surface area contributed by atoms with Gasteiger partial charge in [-0.15, -0.1) is 0 Å². The molecule has 0 aliphatic carbocycles. The summed E-state index contributed by atoms with van der Waals surface area (Å²) < 4.78 is 159. The molecule has 11 N–H and O–H groups in total. The molecule has 47 nitrogen and oxygen atoms in total. The van der Waals surface area contributed by atoms with E-state index in [9.17, 15) is 118 Å². The molecule has 0 spiro atoms. The molecule has 808 valence electrons. The van der Waals surface area contributed by atoms with Gasteiger partial charge in [0.2, 0.25) is 88.0 Å². The maximum atomic E-state index is 14.2. The van der Waals surface area contributed by atoms with Crippen molar-refractivity contribution in [3.63, 3.8) is 0 Å². The lowest BCUT2D eigenvalue weighted by Crippen LogP contribution is -2.66. The highest BCUT2D eigenvalue weighted by atomic mass is 19.2. The van der Waals surface area contributed by atoms with Crippen LogP contribution < -0.4 is 57.9 Å². The number of carbonyl (C=O) groups is 19. The number of aliphatic hydroxyl groups excluding tert-OH is 1. The molecule has 52 heteroatoms. The van der Waals surface area contributed by atoms with Crippen LogP contribution in [0.4, 0.5) is 22.0 Å². The average molecular weight is 2060 g/mol. The Hall–Kier alpha value is -11.6. The topological polar surface area (TPSA) is 616 Å². The molecule has 17 unspecified atom stereocenters. The van der Waals surface area contributed by atoms with Crippen molar-refractivity contribution in [1.29, 1.82) is 0 Å². The first kappa shape index (κ1) is 124. The number of halogens is 5. The smallest absolute Gasteiger partial charge is 0.311 e. The molecule has 3 aliphatic rings. The van der Waals surface area contributed by atoms with Gasteiger partial charge in [-0.1, -0.05) is 25.7 Å². The lowest BCUT2D eigenvalue weighted by atomic mass is 9.96. The Labute approximate surface area is 823 Å². The number of aliphatic hydroxyl groups is 1. The second-order valence-electron chi connectivity index (χ2n) is 33.8. The number of ether oxygens (including phenoxy) is 16. The summed E-state index contributed by atoms with van der Waals surface area (Å²) >= 11 is 0. The van der Waals surface area contributed by atoms with Crippen molar-refractivity contribution in [3.05, 3.63) is 29.1 Å². The van der Waals surface area contributed by atoms with E-state index in [0.29, 0.717) is 64.2 Å². The average Bonchev–Trinajstić information content (AvgIpc) is 0.789. The van der Waals surface area contributed by atoms with Crippen LogP contribution >= 0.6 is 0 Å². The van der Waals surface area contributed by atoms with Gasteiger partial charge in [-0.3, -0.25) is 96.0 Å². The van der Waals surface area contributed by atoms with Crippen LogP contribution in [0.25, 0.3) is 0 Å². The summed E-state index contributed by atoms with van der Waals surface area (Å²) in [7, 11) is 0. The van der Waals surface area contributed by atoms with E-state index in [2.05, 4.69) is 57.9 Å². The number of hydrogen-bond donors (Lipinski definition) is 11. The van der Waals surface area contributed by atoms with Gasteiger partial charge in [0.1, 0.15) is 56.3 Å². The standard InChI is InChI=1S/C91H138F5N11O36/c1-50(108)104-79-86(137-59(10)117)82(134-56(7)114)64(47-131-53(4)111)140-89(79)128-41-21-13-16-29-67(121)99-36-25-34-97-44-63(120)62(28-19-20-35-98-70(124)32-24-33-73(127)143-85-77(95)75(93)74(92)76(94)78(85)96)107(45-71(125)102-39-26-37-100-68(122)30-17-14-22-42-129-90-80(105-51(2)109)87(138-60(11)118)83(135-57(8)115)65(141-90)48-132-54(5)112)46-72(126)103-40-27-38-101-69(123)31-18-15-23-43-130-91-81(106-52(3)110)88(139-61(12)119)84(136-58(9)116)66(142-91)49-133-55(6)113/h62-66,79-84,86-91,97,120H,13-49H2,1-12H3,(H,98,124)(H,99,121)(H,100,122)(H,101,123)(H,102,125)(H,103,126)(H,104,108)(H,105,109)(H,106,110). The molecule has 143 heavy (non-hydrogen) atoms. The van der Waals surface area contributed by atoms with Crippen LogP contribution in [0.1, 0.15) is 218 Å². The molecule has 3 saturated heterocycles. The molecule has 1 aromatic rings. The summed E-state index contributed by atoms with van der Waals surface area (Å²) in [6, 6.07) is -4.59. The minimum Gasteiger partial charge on any atom is -0.463 e. The molecule has 4 rings (SSSR count). The van der Waals surface area contributed by atoms with E-state index in [1.54, 1.807) is 0 Å². The fourth-order valence-electron chi connectivity index (χ4n) is 15.2. The lowest BCUT2D eigenvalue weighted by Gasteiger charge is -2.44. The van der Waals surface area contributed by atoms with E-state index in [1.807, 2.05) is 0 Å². The SMILES string of the molecule is CC(=O)NC1C(OCCCCCC(=O)NCCCNCC(O)C(CCCCNC(=O)CCCC(=O)Oc2c(F)c(F)c(F)c(F)c2F)N(CC(=O)NCCCNC(=O)CCCCCOC2OC(COC(C)=O)C(OC(C)=O)C(OC(C)=O)C2NC(C)=O)CC(=O)NCCCNC(=O)CCCCCOC2OC(COC(C)=O)C(OC(C)=O)C(OC(C)=O)C2NC(C)=O)OC(COC(C)=O)C(OC(C)=O)C1OC(C)=O. The van der Waals surface area contributed by atoms with Crippen molar-refractivity contribution in [2.45, 2.75) is 322 Å². The molecule has 1 aromatic carbocycles. The van der Waals surface area contributed by atoms with Crippen LogP contribution in [0.15, 0.2) is 0 Å². The van der Waals surface area contributed by atoms with Gasteiger partial charge >= 0.3 is 59.7 Å². The summed E-state index contributed by atoms with van der Waals surface area (Å²) in [5.41, 5.74) is 0. The minimum atomic E-state index is -2.47. The number of nitrogens with zero attached hydrogens (tertiary/aromatic N) is 1. The second kappa shape index (κ2) is 67.1. The van der Waals surface area contributed by atoms with Crippen LogP contribution in [0.3, 0.4) is 0 Å². The molecular weight excluding hydrogens is 1920 g/mol. The molecule has 3 fully saturated rings. The Morgan fingerprint density at radius 1 is 0.322 bits per heavy atom. The first-order chi connectivity index (χ1) is 67.8. The zero-order valence-corrected chi connectivity index (χ0v) is 82.6. The molecule has 0 saturated carbocycles. The summed E-state index contributed by atoms with van der Waals surface area (Å²) in [4.78, 5) is 240. The maximum Gasteiger partial charge on any atom is 0.311 e.